The van der Waals surface area contributed by atoms with Gasteiger partial charge < -0.3 is 10.2 Å². The fraction of sp³-hybridized carbons (Fsp3) is 0.500. The number of benzene rings is 1. The van der Waals surface area contributed by atoms with Crippen LogP contribution in [0, 0.1) is 5.92 Å². The summed E-state index contributed by atoms with van der Waals surface area (Å²) in [5.74, 6) is 0.523. The Morgan fingerprint density at radius 1 is 1.10 bits per heavy atom. The zero-order valence-electron chi connectivity index (χ0n) is 11.5. The van der Waals surface area contributed by atoms with E-state index < -0.39 is 6.04 Å². The summed E-state index contributed by atoms with van der Waals surface area (Å²) in [6.07, 6.45) is 4.84. The molecule has 1 saturated heterocycles. The molecule has 2 amide bonds. The van der Waals surface area contributed by atoms with E-state index in [1.54, 1.807) is 4.90 Å². The highest BCUT2D eigenvalue weighted by atomic mass is 16.2. The summed E-state index contributed by atoms with van der Waals surface area (Å²) in [5, 5.41) is 2.71. The van der Waals surface area contributed by atoms with E-state index in [0.29, 0.717) is 12.5 Å². The lowest BCUT2D eigenvalue weighted by Gasteiger charge is -2.36. The summed E-state index contributed by atoms with van der Waals surface area (Å²) < 4.78 is 0. The van der Waals surface area contributed by atoms with Gasteiger partial charge in [-0.05, 0) is 24.3 Å². The predicted octanol–water partition coefficient (Wildman–Crippen LogP) is 1.88. The van der Waals surface area contributed by atoms with E-state index in [-0.39, 0.29) is 18.4 Å². The van der Waals surface area contributed by atoms with Crippen LogP contribution < -0.4 is 5.32 Å². The van der Waals surface area contributed by atoms with Gasteiger partial charge in [0, 0.05) is 6.54 Å². The van der Waals surface area contributed by atoms with Crippen molar-refractivity contribution in [3.05, 3.63) is 35.9 Å². The summed E-state index contributed by atoms with van der Waals surface area (Å²) in [7, 11) is 0. The first-order valence-electron chi connectivity index (χ1n) is 7.38. The molecule has 1 N–H and O–H groups in total. The second kappa shape index (κ2) is 5.65. The Morgan fingerprint density at radius 3 is 2.50 bits per heavy atom. The van der Waals surface area contributed by atoms with E-state index in [2.05, 4.69) is 5.32 Å². The largest absolute Gasteiger partial charge is 0.345 e. The molecule has 1 aromatic rings. The Hall–Kier alpha value is -1.84. The van der Waals surface area contributed by atoms with Gasteiger partial charge >= 0.3 is 0 Å². The summed E-state index contributed by atoms with van der Waals surface area (Å²) in [4.78, 5) is 26.2. The SMILES string of the molecule is O=C1NCC(=O)N(CC2CCCC2)C1c1ccccc1. The Bertz CT molecular complexity index is 494. The number of hydrogen-bond acceptors (Lipinski definition) is 2. The molecule has 1 atom stereocenters. The minimum atomic E-state index is -0.460. The molecule has 1 aliphatic heterocycles. The van der Waals surface area contributed by atoms with Gasteiger partial charge in [-0.2, -0.15) is 0 Å². The molecule has 0 bridgehead atoms. The Kier molecular flexibility index (Phi) is 3.72. The van der Waals surface area contributed by atoms with Crippen LogP contribution in [0.5, 0.6) is 0 Å². The normalized spacial score (nSPS) is 24.0. The lowest BCUT2D eigenvalue weighted by molar-refractivity contribution is -0.146. The molecule has 20 heavy (non-hydrogen) atoms. The minimum Gasteiger partial charge on any atom is -0.345 e. The summed E-state index contributed by atoms with van der Waals surface area (Å²) in [5.41, 5.74) is 0.899. The van der Waals surface area contributed by atoms with Crippen molar-refractivity contribution in [1.29, 1.82) is 0 Å². The molecule has 3 rings (SSSR count). The summed E-state index contributed by atoms with van der Waals surface area (Å²) in [6.45, 7) is 0.848. The first-order chi connectivity index (χ1) is 9.75. The zero-order chi connectivity index (χ0) is 13.9. The van der Waals surface area contributed by atoms with Crippen molar-refractivity contribution in [2.45, 2.75) is 31.7 Å². The quantitative estimate of drug-likeness (QED) is 0.913. The molecule has 1 aliphatic carbocycles. The molecule has 1 aromatic carbocycles. The van der Waals surface area contributed by atoms with Gasteiger partial charge in [0.1, 0.15) is 6.04 Å². The molecule has 0 radical (unpaired) electrons. The Labute approximate surface area is 119 Å². The molecule has 106 valence electrons. The lowest BCUT2D eigenvalue weighted by Crippen LogP contribution is -2.54. The second-order valence-corrected chi connectivity index (χ2v) is 5.73. The number of amides is 2. The van der Waals surface area contributed by atoms with Crippen molar-refractivity contribution in [2.75, 3.05) is 13.1 Å². The van der Waals surface area contributed by atoms with Crippen molar-refractivity contribution in [1.82, 2.24) is 10.2 Å². The number of carbonyl (C=O) groups is 2. The van der Waals surface area contributed by atoms with Gasteiger partial charge in [0.25, 0.3) is 0 Å². The van der Waals surface area contributed by atoms with Crippen LogP contribution in [-0.4, -0.2) is 29.8 Å². The van der Waals surface area contributed by atoms with Crippen LogP contribution in [0.25, 0.3) is 0 Å². The molecule has 0 spiro atoms. The maximum atomic E-state index is 12.2. The molecule has 1 unspecified atom stereocenters. The Morgan fingerprint density at radius 2 is 1.80 bits per heavy atom. The van der Waals surface area contributed by atoms with Crippen LogP contribution >= 0.6 is 0 Å². The van der Waals surface area contributed by atoms with Crippen LogP contribution in [0.1, 0.15) is 37.3 Å². The lowest BCUT2D eigenvalue weighted by atomic mass is 9.99. The number of nitrogens with zero attached hydrogens (tertiary/aromatic N) is 1. The third kappa shape index (κ3) is 2.55. The zero-order valence-corrected chi connectivity index (χ0v) is 11.5. The van der Waals surface area contributed by atoms with Gasteiger partial charge in [-0.1, -0.05) is 43.2 Å². The van der Waals surface area contributed by atoms with E-state index in [0.717, 1.165) is 5.56 Å². The third-order valence-electron chi connectivity index (χ3n) is 4.34. The van der Waals surface area contributed by atoms with Crippen LogP contribution in [0.3, 0.4) is 0 Å². The molecule has 2 fully saturated rings. The first-order valence-corrected chi connectivity index (χ1v) is 7.38. The highest BCUT2D eigenvalue weighted by Crippen LogP contribution is 2.30. The van der Waals surface area contributed by atoms with E-state index in [1.807, 2.05) is 30.3 Å². The minimum absolute atomic E-state index is 0.0327. The average molecular weight is 272 g/mol. The van der Waals surface area contributed by atoms with E-state index in [1.165, 1.54) is 25.7 Å². The molecule has 4 nitrogen and oxygen atoms in total. The van der Waals surface area contributed by atoms with Crippen molar-refractivity contribution >= 4 is 11.8 Å². The molecule has 0 aromatic heterocycles. The number of carbonyl (C=O) groups excluding carboxylic acids is 2. The number of piperazine rings is 1. The molecule has 2 aliphatic rings. The number of nitrogens with one attached hydrogen (secondary N) is 1. The van der Waals surface area contributed by atoms with E-state index in [9.17, 15) is 9.59 Å². The molecule has 1 saturated carbocycles. The highest BCUT2D eigenvalue weighted by Gasteiger charge is 2.36. The van der Waals surface area contributed by atoms with Crippen molar-refractivity contribution in [2.24, 2.45) is 5.92 Å². The predicted molar refractivity (Wildman–Crippen MR) is 75.9 cm³/mol. The van der Waals surface area contributed by atoms with Crippen LogP contribution in [0.2, 0.25) is 0 Å². The van der Waals surface area contributed by atoms with Gasteiger partial charge in [-0.25, -0.2) is 0 Å². The van der Waals surface area contributed by atoms with Gasteiger partial charge in [0.15, 0.2) is 0 Å². The smallest absolute Gasteiger partial charge is 0.247 e. The van der Waals surface area contributed by atoms with E-state index >= 15 is 0 Å². The number of hydrogen-bond donors (Lipinski definition) is 1. The molecule has 4 heteroatoms. The highest BCUT2D eigenvalue weighted by molar-refractivity contribution is 5.95. The molecule has 1 heterocycles. The van der Waals surface area contributed by atoms with Crippen molar-refractivity contribution in [3.8, 4) is 0 Å². The fourth-order valence-corrected chi connectivity index (χ4v) is 3.29. The standard InChI is InChI=1S/C16H20N2O2/c19-14-10-17-16(20)15(13-8-2-1-3-9-13)18(14)11-12-6-4-5-7-12/h1-3,8-9,12,15H,4-7,10-11H2,(H,17,20). The summed E-state index contributed by atoms with van der Waals surface area (Å²) >= 11 is 0. The first kappa shape index (κ1) is 13.2. The maximum absolute atomic E-state index is 12.2. The van der Waals surface area contributed by atoms with Gasteiger partial charge in [0.2, 0.25) is 11.8 Å². The van der Waals surface area contributed by atoms with Gasteiger partial charge in [-0.3, -0.25) is 9.59 Å². The van der Waals surface area contributed by atoms with Gasteiger partial charge in [-0.15, -0.1) is 0 Å². The molecular formula is C16H20N2O2. The maximum Gasteiger partial charge on any atom is 0.247 e. The third-order valence-corrected chi connectivity index (χ3v) is 4.34. The van der Waals surface area contributed by atoms with Crippen LogP contribution in [0.15, 0.2) is 30.3 Å². The second-order valence-electron chi connectivity index (χ2n) is 5.73. The monoisotopic (exact) mass is 272 g/mol. The number of rotatable bonds is 3. The van der Waals surface area contributed by atoms with Gasteiger partial charge in [0.05, 0.1) is 6.54 Å². The average Bonchev–Trinajstić information content (AvgIpc) is 2.97. The van der Waals surface area contributed by atoms with Crippen LogP contribution in [-0.2, 0) is 9.59 Å². The van der Waals surface area contributed by atoms with Crippen molar-refractivity contribution in [3.63, 3.8) is 0 Å². The fourth-order valence-electron chi connectivity index (χ4n) is 3.29. The molecular weight excluding hydrogens is 252 g/mol. The summed E-state index contributed by atoms with van der Waals surface area (Å²) in [6, 6.07) is 9.13. The van der Waals surface area contributed by atoms with Crippen molar-refractivity contribution < 1.29 is 9.59 Å². The van der Waals surface area contributed by atoms with E-state index in [4.69, 9.17) is 0 Å². The van der Waals surface area contributed by atoms with Crippen LogP contribution in [0.4, 0.5) is 0 Å². The topological polar surface area (TPSA) is 49.4 Å². The Balaban J connectivity index is 1.85.